The quantitative estimate of drug-likeness (QED) is 0.247. The largest absolute Gasteiger partial charge is 0.480 e. The number of thioether (sulfide) groups is 1. The Hall–Kier alpha value is -3.56. The molecular formula is C27H24N2O5S2. The minimum absolute atomic E-state index is 0.0776. The maximum absolute atomic E-state index is 12.5. The van der Waals surface area contributed by atoms with Crippen LogP contribution in [0.5, 0.6) is 0 Å². The Balaban J connectivity index is 1.11. The second kappa shape index (κ2) is 11.0. The fourth-order valence-electron chi connectivity index (χ4n) is 4.30. The third-order valence-corrected chi connectivity index (χ3v) is 7.95. The zero-order valence-corrected chi connectivity index (χ0v) is 20.9. The molecule has 1 unspecified atom stereocenters. The summed E-state index contributed by atoms with van der Waals surface area (Å²) >= 11 is 3.07. The summed E-state index contributed by atoms with van der Waals surface area (Å²) in [5.74, 6) is 0.765. The Morgan fingerprint density at radius 1 is 1.08 bits per heavy atom. The second-order valence-electron chi connectivity index (χ2n) is 8.32. The summed E-state index contributed by atoms with van der Waals surface area (Å²) in [4.78, 5) is 28.8. The first-order valence-corrected chi connectivity index (χ1v) is 13.5. The Labute approximate surface area is 216 Å². The van der Waals surface area contributed by atoms with Gasteiger partial charge in [0, 0.05) is 17.1 Å². The first-order valence-electron chi connectivity index (χ1n) is 11.5. The minimum atomic E-state index is -1.09. The molecular weight excluding hydrogens is 496 g/mol. The zero-order chi connectivity index (χ0) is 24.9. The van der Waals surface area contributed by atoms with Gasteiger partial charge in [-0.3, -0.25) is 0 Å². The first-order chi connectivity index (χ1) is 17.6. The predicted octanol–water partition coefficient (Wildman–Crippen LogP) is 6.02. The van der Waals surface area contributed by atoms with Gasteiger partial charge in [-0.15, -0.1) is 11.3 Å². The van der Waals surface area contributed by atoms with Gasteiger partial charge in [0.25, 0.3) is 0 Å². The normalized spacial score (nSPS) is 13.1. The standard InChI is InChI=1S/C27H24N2O5S2/c30-26(31)23(11-13-35-15-17-16-36-25(28-17)24-10-5-12-33-24)29-27(32)34-14-22-20-8-3-1-6-18(20)19-7-2-4-9-21(19)22/h1-10,12,16,22-23H,11,13-15H2,(H,29,32)(H,30,31). The average molecular weight is 521 g/mol. The van der Waals surface area contributed by atoms with Gasteiger partial charge >= 0.3 is 12.1 Å². The monoisotopic (exact) mass is 520 g/mol. The van der Waals surface area contributed by atoms with Crippen molar-refractivity contribution in [1.82, 2.24) is 10.3 Å². The summed E-state index contributed by atoms with van der Waals surface area (Å²) in [5, 5.41) is 14.9. The van der Waals surface area contributed by atoms with E-state index in [4.69, 9.17) is 9.15 Å². The molecule has 7 nitrogen and oxygen atoms in total. The zero-order valence-electron chi connectivity index (χ0n) is 19.3. The average Bonchev–Trinajstić information content (AvgIpc) is 3.64. The molecule has 2 heterocycles. The highest BCUT2D eigenvalue weighted by Crippen LogP contribution is 2.44. The Morgan fingerprint density at radius 2 is 1.81 bits per heavy atom. The van der Waals surface area contributed by atoms with Crippen molar-refractivity contribution in [2.75, 3.05) is 12.4 Å². The highest BCUT2D eigenvalue weighted by molar-refractivity contribution is 7.98. The van der Waals surface area contributed by atoms with Gasteiger partial charge in [-0.25, -0.2) is 14.6 Å². The van der Waals surface area contributed by atoms with E-state index in [1.807, 2.05) is 53.9 Å². The number of nitrogens with zero attached hydrogens (tertiary/aromatic N) is 1. The number of nitrogens with one attached hydrogen (secondary N) is 1. The molecule has 5 rings (SSSR count). The fraction of sp³-hybridized carbons (Fsp3) is 0.222. The molecule has 9 heteroatoms. The van der Waals surface area contributed by atoms with E-state index in [0.717, 1.165) is 38.7 Å². The summed E-state index contributed by atoms with van der Waals surface area (Å²) < 4.78 is 10.9. The summed E-state index contributed by atoms with van der Waals surface area (Å²) in [6.45, 7) is 0.142. The molecule has 4 aromatic rings. The highest BCUT2D eigenvalue weighted by Gasteiger charge is 2.29. The molecule has 2 aromatic heterocycles. The molecule has 1 amide bonds. The number of hydrogen-bond donors (Lipinski definition) is 2. The molecule has 1 aliphatic rings. The second-order valence-corrected chi connectivity index (χ2v) is 10.3. The maximum Gasteiger partial charge on any atom is 0.407 e. The summed E-state index contributed by atoms with van der Waals surface area (Å²) in [6.07, 6.45) is 1.16. The number of benzene rings is 2. The van der Waals surface area contributed by atoms with Crippen molar-refractivity contribution in [2.45, 2.75) is 24.1 Å². The van der Waals surface area contributed by atoms with Crippen molar-refractivity contribution >= 4 is 35.2 Å². The number of hydrogen-bond acceptors (Lipinski definition) is 7. The van der Waals surface area contributed by atoms with Crippen molar-refractivity contribution in [2.24, 2.45) is 0 Å². The number of carboxylic acids is 1. The lowest BCUT2D eigenvalue weighted by atomic mass is 9.98. The van der Waals surface area contributed by atoms with Gasteiger partial charge in [-0.05, 0) is 46.6 Å². The highest BCUT2D eigenvalue weighted by atomic mass is 32.2. The number of aliphatic carboxylic acids is 1. The van der Waals surface area contributed by atoms with Gasteiger partial charge < -0.3 is 19.6 Å². The van der Waals surface area contributed by atoms with Crippen LogP contribution >= 0.6 is 23.1 Å². The van der Waals surface area contributed by atoms with E-state index in [0.29, 0.717) is 11.5 Å². The molecule has 2 aromatic carbocycles. The number of carbonyl (C=O) groups is 2. The number of aromatic nitrogens is 1. The van der Waals surface area contributed by atoms with Crippen molar-refractivity contribution in [3.05, 3.63) is 89.1 Å². The maximum atomic E-state index is 12.5. The molecule has 0 spiro atoms. The van der Waals surface area contributed by atoms with E-state index in [9.17, 15) is 14.7 Å². The molecule has 0 bridgehead atoms. The van der Waals surface area contributed by atoms with Crippen LogP contribution in [0, 0.1) is 0 Å². The Bertz CT molecular complexity index is 1310. The number of furan rings is 1. The van der Waals surface area contributed by atoms with E-state index >= 15 is 0 Å². The SMILES string of the molecule is O=C(NC(CCSCc1csc(-c2ccco2)n1)C(=O)O)OCC1c2ccccc2-c2ccccc21. The molecule has 0 saturated carbocycles. The van der Waals surface area contributed by atoms with Crippen LogP contribution in [0.2, 0.25) is 0 Å². The topological polar surface area (TPSA) is 102 Å². The van der Waals surface area contributed by atoms with E-state index in [-0.39, 0.29) is 18.9 Å². The van der Waals surface area contributed by atoms with E-state index in [1.165, 1.54) is 11.3 Å². The van der Waals surface area contributed by atoms with Gasteiger partial charge in [-0.1, -0.05) is 48.5 Å². The molecule has 0 saturated heterocycles. The van der Waals surface area contributed by atoms with Gasteiger partial charge in [0.05, 0.1) is 12.0 Å². The number of fused-ring (bicyclic) bond motifs is 3. The molecule has 1 atom stereocenters. The summed E-state index contributed by atoms with van der Waals surface area (Å²) in [6, 6.07) is 18.8. The predicted molar refractivity (Wildman–Crippen MR) is 140 cm³/mol. The number of thiazole rings is 1. The number of alkyl carbamates (subject to hydrolysis) is 1. The van der Waals surface area contributed by atoms with Crippen molar-refractivity contribution in [3.63, 3.8) is 0 Å². The number of carboxylic acid groups (broad SMARTS) is 1. The van der Waals surface area contributed by atoms with Crippen molar-refractivity contribution < 1.29 is 23.8 Å². The first kappa shape index (κ1) is 24.1. The molecule has 2 N–H and O–H groups in total. The summed E-state index contributed by atoms with van der Waals surface area (Å²) in [5.41, 5.74) is 5.40. The van der Waals surface area contributed by atoms with Crippen LogP contribution in [-0.4, -0.2) is 40.6 Å². The van der Waals surface area contributed by atoms with Crippen molar-refractivity contribution in [1.29, 1.82) is 0 Å². The Kier molecular flexibility index (Phi) is 7.39. The molecule has 36 heavy (non-hydrogen) atoms. The van der Waals surface area contributed by atoms with Crippen molar-refractivity contribution in [3.8, 4) is 21.9 Å². The number of carbonyl (C=O) groups excluding carboxylic acids is 1. The lowest BCUT2D eigenvalue weighted by Gasteiger charge is -2.17. The van der Waals surface area contributed by atoms with Crippen LogP contribution in [0.25, 0.3) is 21.9 Å². The summed E-state index contributed by atoms with van der Waals surface area (Å²) in [7, 11) is 0. The van der Waals surface area contributed by atoms with Gasteiger partial charge in [-0.2, -0.15) is 11.8 Å². The van der Waals surface area contributed by atoms with Crippen LogP contribution in [-0.2, 0) is 15.3 Å². The van der Waals surface area contributed by atoms with E-state index in [1.54, 1.807) is 18.0 Å². The van der Waals surface area contributed by atoms with Crippen LogP contribution in [0.1, 0.15) is 29.2 Å². The lowest BCUT2D eigenvalue weighted by molar-refractivity contribution is -0.139. The van der Waals surface area contributed by atoms with Crippen LogP contribution in [0.4, 0.5) is 4.79 Å². The van der Waals surface area contributed by atoms with E-state index < -0.39 is 18.1 Å². The minimum Gasteiger partial charge on any atom is -0.480 e. The molecule has 0 aliphatic heterocycles. The molecule has 0 fully saturated rings. The van der Waals surface area contributed by atoms with E-state index in [2.05, 4.69) is 22.4 Å². The third-order valence-electron chi connectivity index (χ3n) is 6.02. The fourth-order valence-corrected chi connectivity index (χ4v) is 6.10. The van der Waals surface area contributed by atoms with Crippen LogP contribution in [0.3, 0.4) is 0 Å². The Morgan fingerprint density at radius 3 is 2.47 bits per heavy atom. The lowest BCUT2D eigenvalue weighted by Crippen LogP contribution is -2.41. The smallest absolute Gasteiger partial charge is 0.407 e. The van der Waals surface area contributed by atoms with Gasteiger partial charge in [0.1, 0.15) is 12.6 Å². The van der Waals surface area contributed by atoms with Gasteiger partial charge in [0.2, 0.25) is 0 Å². The number of ether oxygens (including phenoxy) is 1. The van der Waals surface area contributed by atoms with Gasteiger partial charge in [0.15, 0.2) is 10.8 Å². The molecule has 1 aliphatic carbocycles. The van der Waals surface area contributed by atoms with Crippen LogP contribution in [0.15, 0.2) is 76.7 Å². The third kappa shape index (κ3) is 5.32. The molecule has 184 valence electrons. The number of amides is 1. The molecule has 0 radical (unpaired) electrons. The number of rotatable bonds is 10. The van der Waals surface area contributed by atoms with Crippen LogP contribution < -0.4 is 5.32 Å².